The number of fused-ring (bicyclic) bond motifs is 6. The zero-order chi connectivity index (χ0) is 22.2. The van der Waals surface area contributed by atoms with Crippen molar-refractivity contribution in [2.75, 3.05) is 0 Å². The van der Waals surface area contributed by atoms with Crippen molar-refractivity contribution in [1.29, 1.82) is 0 Å². The summed E-state index contributed by atoms with van der Waals surface area (Å²) in [5.41, 5.74) is 5.28. The number of benzene rings is 4. The van der Waals surface area contributed by atoms with Crippen LogP contribution in [0.1, 0.15) is 32.0 Å². The summed E-state index contributed by atoms with van der Waals surface area (Å²) in [7, 11) is 0. The highest BCUT2D eigenvalue weighted by Gasteiger charge is 2.47. The number of thiophene rings is 1. The highest BCUT2D eigenvalue weighted by atomic mass is 32.1. The number of rotatable bonds is 2. The van der Waals surface area contributed by atoms with Gasteiger partial charge in [-0.2, -0.15) is 0 Å². The summed E-state index contributed by atoms with van der Waals surface area (Å²) in [6.45, 7) is 0. The molecule has 0 atom stereocenters. The zero-order valence-corrected chi connectivity index (χ0v) is 18.5. The highest BCUT2D eigenvalue weighted by molar-refractivity contribution is 7.12. The quantitative estimate of drug-likeness (QED) is 0.337. The Labute approximate surface area is 196 Å². The van der Waals surface area contributed by atoms with Crippen molar-refractivity contribution in [3.05, 3.63) is 141 Å². The molecule has 158 valence electrons. The van der Waals surface area contributed by atoms with Gasteiger partial charge in [0.25, 0.3) is 0 Å². The maximum atomic E-state index is 12.2. The van der Waals surface area contributed by atoms with Crippen LogP contribution < -0.4 is 0 Å². The third-order valence-electron chi connectivity index (χ3n) is 7.17. The van der Waals surface area contributed by atoms with E-state index in [1.165, 1.54) is 11.3 Å². The molecule has 0 radical (unpaired) electrons. The third kappa shape index (κ3) is 2.29. The molecule has 0 fully saturated rings. The molecule has 3 heteroatoms. The zero-order valence-electron chi connectivity index (χ0n) is 17.7. The van der Waals surface area contributed by atoms with Crippen LogP contribution >= 0.6 is 11.3 Å². The van der Waals surface area contributed by atoms with E-state index in [2.05, 4.69) is 24.3 Å². The normalized spacial score (nSPS) is 16.1. The van der Waals surface area contributed by atoms with Crippen LogP contribution in [0.4, 0.5) is 0 Å². The van der Waals surface area contributed by atoms with Crippen LogP contribution in [0.2, 0.25) is 0 Å². The van der Waals surface area contributed by atoms with Gasteiger partial charge in [-0.05, 0) is 34.4 Å². The third-order valence-corrected chi connectivity index (χ3v) is 8.47. The fourth-order valence-corrected chi connectivity index (χ4v) is 6.93. The fraction of sp³-hybridized carbons (Fsp3) is 0.0667. The minimum Gasteiger partial charge on any atom is -0.375 e. The first-order chi connectivity index (χ1) is 16.1. The van der Waals surface area contributed by atoms with Crippen LogP contribution in [0.25, 0.3) is 22.3 Å². The second kappa shape index (κ2) is 6.52. The topological polar surface area (TPSA) is 40.5 Å². The van der Waals surface area contributed by atoms with Gasteiger partial charge in [-0.1, -0.05) is 97.1 Å². The van der Waals surface area contributed by atoms with Crippen molar-refractivity contribution >= 4 is 11.3 Å². The fourth-order valence-electron chi connectivity index (χ4n) is 5.68. The number of aliphatic hydroxyl groups is 2. The van der Waals surface area contributed by atoms with Gasteiger partial charge in [-0.15, -0.1) is 11.3 Å². The maximum absolute atomic E-state index is 12.2. The second-order valence-electron chi connectivity index (χ2n) is 8.77. The van der Waals surface area contributed by atoms with Crippen molar-refractivity contribution in [1.82, 2.24) is 0 Å². The van der Waals surface area contributed by atoms with E-state index < -0.39 is 11.2 Å². The Morgan fingerprint density at radius 1 is 0.394 bits per heavy atom. The van der Waals surface area contributed by atoms with Crippen LogP contribution in [0, 0.1) is 0 Å². The van der Waals surface area contributed by atoms with Crippen LogP contribution in [-0.4, -0.2) is 10.2 Å². The van der Waals surface area contributed by atoms with Crippen LogP contribution in [0.5, 0.6) is 0 Å². The van der Waals surface area contributed by atoms with Crippen LogP contribution in [0.15, 0.2) is 109 Å². The SMILES string of the molecule is OC1(c2ccc(C3(O)c4ccccc4-c4ccccc43)s2)c2ccccc2-c2ccccc21. The Morgan fingerprint density at radius 3 is 0.970 bits per heavy atom. The molecule has 7 rings (SSSR count). The molecule has 5 aromatic rings. The van der Waals surface area contributed by atoms with Crippen molar-refractivity contribution in [3.8, 4) is 22.3 Å². The molecule has 0 unspecified atom stereocenters. The molecule has 0 amide bonds. The lowest BCUT2D eigenvalue weighted by molar-refractivity contribution is 0.133. The molecule has 2 N–H and O–H groups in total. The molecule has 0 aliphatic heterocycles. The summed E-state index contributed by atoms with van der Waals surface area (Å²) in [6, 6.07) is 36.2. The Morgan fingerprint density at radius 2 is 0.667 bits per heavy atom. The van der Waals surface area contributed by atoms with Crippen LogP contribution in [0.3, 0.4) is 0 Å². The summed E-state index contributed by atoms with van der Waals surface area (Å²) in [6.07, 6.45) is 0. The average molecular weight is 445 g/mol. The van der Waals surface area contributed by atoms with Crippen LogP contribution in [-0.2, 0) is 11.2 Å². The van der Waals surface area contributed by atoms with E-state index in [4.69, 9.17) is 0 Å². The lowest BCUT2D eigenvalue weighted by Gasteiger charge is -2.26. The van der Waals surface area contributed by atoms with Gasteiger partial charge in [-0.3, -0.25) is 0 Å². The summed E-state index contributed by atoms with van der Waals surface area (Å²) in [4.78, 5) is 1.62. The highest BCUT2D eigenvalue weighted by Crippen LogP contribution is 2.56. The van der Waals surface area contributed by atoms with Gasteiger partial charge in [0, 0.05) is 32.0 Å². The summed E-state index contributed by atoms with van der Waals surface area (Å²) >= 11 is 1.48. The average Bonchev–Trinajstić information content (AvgIpc) is 3.54. The second-order valence-corrected chi connectivity index (χ2v) is 9.85. The van der Waals surface area contributed by atoms with Gasteiger partial charge < -0.3 is 10.2 Å². The van der Waals surface area contributed by atoms with Crippen molar-refractivity contribution in [2.24, 2.45) is 0 Å². The van der Waals surface area contributed by atoms with Gasteiger partial charge in [0.15, 0.2) is 11.2 Å². The molecule has 0 saturated carbocycles. The van der Waals surface area contributed by atoms with Gasteiger partial charge in [0.2, 0.25) is 0 Å². The maximum Gasteiger partial charge on any atom is 0.150 e. The van der Waals surface area contributed by atoms with E-state index in [9.17, 15) is 10.2 Å². The van der Waals surface area contributed by atoms with E-state index in [0.717, 1.165) is 54.3 Å². The minimum atomic E-state index is -1.25. The Hall–Kier alpha value is -3.50. The van der Waals surface area contributed by atoms with Gasteiger partial charge in [0.1, 0.15) is 0 Å². The number of hydrogen-bond donors (Lipinski definition) is 2. The van der Waals surface area contributed by atoms with Gasteiger partial charge >= 0.3 is 0 Å². The lowest BCUT2D eigenvalue weighted by Crippen LogP contribution is -2.26. The van der Waals surface area contributed by atoms with Crippen molar-refractivity contribution in [2.45, 2.75) is 11.2 Å². The molecule has 1 aromatic heterocycles. The molecular formula is C30H20O2S. The van der Waals surface area contributed by atoms with Crippen molar-refractivity contribution in [3.63, 3.8) is 0 Å². The summed E-state index contributed by atoms with van der Waals surface area (Å²) < 4.78 is 0. The molecule has 1 heterocycles. The smallest absolute Gasteiger partial charge is 0.150 e. The summed E-state index contributed by atoms with van der Waals surface area (Å²) in [5, 5.41) is 24.5. The molecule has 2 aliphatic rings. The Bertz CT molecular complexity index is 1350. The first-order valence-corrected chi connectivity index (χ1v) is 11.9. The lowest BCUT2D eigenvalue weighted by atomic mass is 9.88. The predicted molar refractivity (Wildman–Crippen MR) is 132 cm³/mol. The van der Waals surface area contributed by atoms with E-state index in [1.807, 2.05) is 84.9 Å². The van der Waals surface area contributed by atoms with E-state index in [-0.39, 0.29) is 0 Å². The first-order valence-electron chi connectivity index (χ1n) is 11.1. The number of hydrogen-bond acceptors (Lipinski definition) is 3. The van der Waals surface area contributed by atoms with Gasteiger partial charge in [0.05, 0.1) is 0 Å². The predicted octanol–water partition coefficient (Wildman–Crippen LogP) is 6.28. The Balaban J connectivity index is 1.46. The minimum absolute atomic E-state index is 0.810. The van der Waals surface area contributed by atoms with Crippen molar-refractivity contribution < 1.29 is 10.2 Å². The van der Waals surface area contributed by atoms with Gasteiger partial charge in [-0.25, -0.2) is 0 Å². The standard InChI is InChI=1S/C30H20O2S/c31-29(23-13-5-1-9-19(23)20-10-2-6-14-24(20)29)27-17-18-28(33-27)30(32)25-15-7-3-11-21(25)22-12-4-8-16-26(22)30/h1-18,31-32H. The molecule has 2 nitrogen and oxygen atoms in total. The first kappa shape index (κ1) is 19.0. The molecule has 0 spiro atoms. The molecule has 2 aliphatic carbocycles. The Kier molecular flexibility index (Phi) is 3.76. The molecule has 0 saturated heterocycles. The van der Waals surface area contributed by atoms with E-state index in [1.54, 1.807) is 0 Å². The molecule has 0 bridgehead atoms. The van der Waals surface area contributed by atoms with E-state index in [0.29, 0.717) is 0 Å². The largest absolute Gasteiger partial charge is 0.375 e. The molecular weight excluding hydrogens is 424 g/mol. The molecule has 4 aromatic carbocycles. The van der Waals surface area contributed by atoms with E-state index >= 15 is 0 Å². The monoisotopic (exact) mass is 444 g/mol. The summed E-state index contributed by atoms with van der Waals surface area (Å²) in [5.74, 6) is 0. The molecule has 33 heavy (non-hydrogen) atoms.